The number of nitrogens with zero attached hydrogens (tertiary/aromatic N) is 4. The average molecular weight is 437 g/mol. The monoisotopic (exact) mass is 436 g/mol. The minimum atomic E-state index is -2.61. The van der Waals surface area contributed by atoms with Crippen molar-refractivity contribution in [2.45, 2.75) is 57.2 Å². The lowest BCUT2D eigenvalue weighted by Crippen LogP contribution is -2.67. The molecule has 0 amide bonds. The maximum Gasteiger partial charge on any atom is 0.490 e. The Kier molecular flexibility index (Phi) is 5.77. The number of nitro groups is 1. The molecule has 3 aromatic rings. The molecule has 7 nitrogen and oxygen atoms in total. The van der Waals surface area contributed by atoms with Crippen molar-refractivity contribution in [3.8, 4) is 0 Å². The van der Waals surface area contributed by atoms with Crippen LogP contribution >= 0.6 is 0 Å². The normalized spacial score (nSPS) is 19.5. The Morgan fingerprint density at radius 3 is 2.10 bits per heavy atom. The first-order chi connectivity index (χ1) is 14.8. The van der Waals surface area contributed by atoms with E-state index in [0.717, 1.165) is 19.3 Å². The molecule has 4 rings (SSSR count). The van der Waals surface area contributed by atoms with Gasteiger partial charge in [-0.25, -0.2) is 0 Å². The van der Waals surface area contributed by atoms with Gasteiger partial charge < -0.3 is 14.5 Å². The fraction of sp³-hybridized carbons (Fsp3) is 0.391. The Morgan fingerprint density at radius 1 is 1.03 bits per heavy atom. The van der Waals surface area contributed by atoms with Crippen LogP contribution in [0.15, 0.2) is 67.0 Å². The lowest BCUT2D eigenvalue weighted by molar-refractivity contribution is -0.394. The summed E-state index contributed by atoms with van der Waals surface area (Å²) in [7, 11) is -2.61. The molecular weight excluding hydrogens is 408 g/mol. The fourth-order valence-corrected chi connectivity index (χ4v) is 9.46. The van der Waals surface area contributed by atoms with Gasteiger partial charge in [0.05, 0.1) is 6.04 Å². The molecule has 2 atom stereocenters. The van der Waals surface area contributed by atoms with Crippen molar-refractivity contribution in [3.63, 3.8) is 0 Å². The van der Waals surface area contributed by atoms with Gasteiger partial charge >= 0.3 is 5.95 Å². The van der Waals surface area contributed by atoms with E-state index in [1.165, 1.54) is 16.7 Å². The largest absolute Gasteiger partial charge is 0.490 e. The second-order valence-electron chi connectivity index (χ2n) is 9.15. The molecule has 1 heterocycles. The van der Waals surface area contributed by atoms with Gasteiger partial charge in [0.15, 0.2) is 0 Å². The minimum Gasteiger partial charge on any atom is -0.404 e. The van der Waals surface area contributed by atoms with Crippen LogP contribution < -0.4 is 10.4 Å². The molecule has 31 heavy (non-hydrogen) atoms. The van der Waals surface area contributed by atoms with Crippen molar-refractivity contribution in [3.05, 3.63) is 77.1 Å². The molecule has 2 aromatic carbocycles. The lowest BCUT2D eigenvalue weighted by Gasteiger charge is -2.44. The van der Waals surface area contributed by atoms with Gasteiger partial charge in [0.2, 0.25) is 6.33 Å². The summed E-state index contributed by atoms with van der Waals surface area (Å²) >= 11 is 0. The third-order valence-corrected chi connectivity index (χ3v) is 11.2. The van der Waals surface area contributed by atoms with Crippen molar-refractivity contribution in [2.24, 2.45) is 0 Å². The van der Waals surface area contributed by atoms with Crippen molar-refractivity contribution in [1.82, 2.24) is 14.8 Å². The standard InChI is InChI=1S/C23H28N4O3Si/c1-23(2,3)31(20-10-6-4-7-11-20,21-12-8-5-9-13-21)30-19-15-14-18(16-19)26-17-24-22(25-26)27(28)29/h4-13,17-19H,14-16H2,1-3H3/t18-,19+/m0/s1. The first kappa shape index (κ1) is 21.4. The van der Waals surface area contributed by atoms with Gasteiger partial charge in [-0.2, -0.15) is 4.68 Å². The summed E-state index contributed by atoms with van der Waals surface area (Å²) in [6.45, 7) is 6.81. The predicted octanol–water partition coefficient (Wildman–Crippen LogP) is 3.86. The summed E-state index contributed by atoms with van der Waals surface area (Å²) in [6, 6.07) is 21.2. The molecule has 0 radical (unpaired) electrons. The van der Waals surface area contributed by atoms with Crippen LogP contribution in [0, 0.1) is 10.1 Å². The number of aromatic nitrogens is 3. The molecule has 1 aliphatic rings. The summed E-state index contributed by atoms with van der Waals surface area (Å²) in [5.41, 5.74) is 0. The van der Waals surface area contributed by atoms with Crippen LogP contribution in [0.1, 0.15) is 46.1 Å². The summed E-state index contributed by atoms with van der Waals surface area (Å²) < 4.78 is 8.82. The highest BCUT2D eigenvalue weighted by Crippen LogP contribution is 2.41. The van der Waals surface area contributed by atoms with Crippen LogP contribution in [0.4, 0.5) is 5.95 Å². The SMILES string of the molecule is CC(C)(C)[Si](O[C@@H]1CC[C@H](n2cnc([N+](=O)[O-])n2)C1)(c1ccccc1)c1ccccc1. The van der Waals surface area contributed by atoms with Gasteiger partial charge in [-0.15, -0.1) is 0 Å². The fourth-order valence-electron chi connectivity index (χ4n) is 4.73. The highest BCUT2D eigenvalue weighted by Gasteiger charge is 2.52. The van der Waals surface area contributed by atoms with Crippen molar-refractivity contribution in [1.29, 1.82) is 0 Å². The van der Waals surface area contributed by atoms with Crippen LogP contribution in [-0.4, -0.2) is 34.1 Å². The molecule has 1 fully saturated rings. The highest BCUT2D eigenvalue weighted by atomic mass is 28.4. The van der Waals surface area contributed by atoms with Gasteiger partial charge in [0, 0.05) is 11.2 Å². The first-order valence-electron chi connectivity index (χ1n) is 10.7. The van der Waals surface area contributed by atoms with Crippen molar-refractivity contribution in [2.75, 3.05) is 0 Å². The first-order valence-corrected chi connectivity index (χ1v) is 12.6. The molecule has 1 aromatic heterocycles. The quantitative estimate of drug-likeness (QED) is 0.333. The molecule has 0 aliphatic heterocycles. The summed E-state index contributed by atoms with van der Waals surface area (Å²) in [5, 5.41) is 17.4. The zero-order chi connectivity index (χ0) is 22.1. The van der Waals surface area contributed by atoms with Crippen molar-refractivity contribution >= 4 is 24.6 Å². The van der Waals surface area contributed by atoms with E-state index in [0.29, 0.717) is 0 Å². The summed E-state index contributed by atoms with van der Waals surface area (Å²) in [4.78, 5) is 14.2. The van der Waals surface area contributed by atoms with Crippen molar-refractivity contribution < 1.29 is 9.35 Å². The van der Waals surface area contributed by atoms with Crippen LogP contribution in [0.3, 0.4) is 0 Å². The maximum atomic E-state index is 11.0. The van der Waals surface area contributed by atoms with Gasteiger partial charge in [0.25, 0.3) is 8.32 Å². The van der Waals surface area contributed by atoms with Crippen LogP contribution in [0.5, 0.6) is 0 Å². The highest BCUT2D eigenvalue weighted by molar-refractivity contribution is 6.99. The second-order valence-corrected chi connectivity index (χ2v) is 13.4. The molecule has 0 N–H and O–H groups in total. The van der Waals surface area contributed by atoms with Gasteiger partial charge in [-0.05, 0) is 39.6 Å². The van der Waals surface area contributed by atoms with Gasteiger partial charge in [-0.1, -0.05) is 86.4 Å². The topological polar surface area (TPSA) is 83.1 Å². The number of benzene rings is 2. The minimum absolute atomic E-state index is 0.0551. The second kappa shape index (κ2) is 8.36. The Balaban J connectivity index is 1.68. The van der Waals surface area contributed by atoms with E-state index in [2.05, 4.69) is 79.4 Å². The predicted molar refractivity (Wildman–Crippen MR) is 122 cm³/mol. The summed E-state index contributed by atoms with van der Waals surface area (Å²) in [5.74, 6) is -0.351. The zero-order valence-corrected chi connectivity index (χ0v) is 19.1. The van der Waals surface area contributed by atoms with Crippen LogP contribution in [0.2, 0.25) is 5.04 Å². The van der Waals surface area contributed by atoms with E-state index in [1.54, 1.807) is 4.68 Å². The van der Waals surface area contributed by atoms with E-state index < -0.39 is 13.2 Å². The number of hydrogen-bond acceptors (Lipinski definition) is 5. The average Bonchev–Trinajstić information content (AvgIpc) is 3.42. The number of rotatable bonds is 6. The van der Waals surface area contributed by atoms with E-state index in [-0.39, 0.29) is 23.1 Å². The molecule has 0 bridgehead atoms. The molecule has 0 unspecified atom stereocenters. The molecule has 0 saturated heterocycles. The Labute approximate surface area is 183 Å². The van der Waals surface area contributed by atoms with E-state index in [4.69, 9.17) is 4.43 Å². The summed E-state index contributed by atoms with van der Waals surface area (Å²) in [6.07, 6.45) is 4.05. The Hall–Kier alpha value is -2.84. The molecule has 8 heteroatoms. The van der Waals surface area contributed by atoms with Crippen LogP contribution in [0.25, 0.3) is 0 Å². The molecule has 1 saturated carbocycles. The van der Waals surface area contributed by atoms with Crippen LogP contribution in [-0.2, 0) is 4.43 Å². The Morgan fingerprint density at radius 2 is 1.61 bits per heavy atom. The van der Waals surface area contributed by atoms with Gasteiger partial charge in [-0.3, -0.25) is 0 Å². The smallest absolute Gasteiger partial charge is 0.404 e. The third-order valence-electron chi connectivity index (χ3n) is 6.15. The molecular formula is C23H28N4O3Si. The van der Waals surface area contributed by atoms with Gasteiger partial charge in [0.1, 0.15) is 0 Å². The number of hydrogen-bond donors (Lipinski definition) is 0. The lowest BCUT2D eigenvalue weighted by atomic mass is 10.2. The third kappa shape index (κ3) is 4.05. The Bertz CT molecular complexity index is 994. The molecule has 162 valence electrons. The molecule has 0 spiro atoms. The van der Waals surface area contributed by atoms with E-state index >= 15 is 0 Å². The molecule has 1 aliphatic carbocycles. The van der Waals surface area contributed by atoms with E-state index in [1.807, 2.05) is 12.1 Å². The van der Waals surface area contributed by atoms with E-state index in [9.17, 15) is 10.1 Å². The maximum absolute atomic E-state index is 11.0. The zero-order valence-electron chi connectivity index (χ0n) is 18.1.